The molecule has 1 saturated heterocycles. The highest BCUT2D eigenvalue weighted by molar-refractivity contribution is 6.51. The molecule has 3 aromatic rings. The zero-order valence-corrected chi connectivity index (χ0v) is 17.8. The number of hydrogen-bond acceptors (Lipinski definition) is 6. The lowest BCUT2D eigenvalue weighted by Gasteiger charge is -2.25. The van der Waals surface area contributed by atoms with Gasteiger partial charge >= 0.3 is 5.97 Å². The van der Waals surface area contributed by atoms with Crippen molar-refractivity contribution in [2.45, 2.75) is 13.0 Å². The molecular weight excluding hydrogens is 440 g/mol. The van der Waals surface area contributed by atoms with E-state index in [4.69, 9.17) is 0 Å². The first-order valence-electron chi connectivity index (χ1n) is 10.1. The molecule has 0 aromatic heterocycles. The van der Waals surface area contributed by atoms with Crippen LogP contribution in [0.3, 0.4) is 0 Å². The van der Waals surface area contributed by atoms with E-state index < -0.39 is 34.4 Å². The first-order valence-corrected chi connectivity index (χ1v) is 10.1. The maximum atomic E-state index is 13.1. The third kappa shape index (κ3) is 3.90. The van der Waals surface area contributed by atoms with Gasteiger partial charge in [-0.1, -0.05) is 35.9 Å². The summed E-state index contributed by atoms with van der Waals surface area (Å²) in [6.45, 7) is 1.86. The number of carboxylic acids is 1. The van der Waals surface area contributed by atoms with E-state index in [-0.39, 0.29) is 22.5 Å². The van der Waals surface area contributed by atoms with E-state index in [9.17, 15) is 34.7 Å². The van der Waals surface area contributed by atoms with Crippen molar-refractivity contribution in [2.24, 2.45) is 0 Å². The summed E-state index contributed by atoms with van der Waals surface area (Å²) in [6, 6.07) is 16.3. The lowest BCUT2D eigenvalue weighted by atomic mass is 9.94. The van der Waals surface area contributed by atoms with Crippen LogP contribution < -0.4 is 4.90 Å². The summed E-state index contributed by atoms with van der Waals surface area (Å²) in [6.07, 6.45) is 0. The Balaban J connectivity index is 1.94. The molecule has 1 aliphatic rings. The number of anilines is 1. The molecule has 2 N–H and O–H groups in total. The van der Waals surface area contributed by atoms with E-state index in [0.29, 0.717) is 11.1 Å². The van der Waals surface area contributed by atoms with Crippen LogP contribution in [0.5, 0.6) is 0 Å². The van der Waals surface area contributed by atoms with Crippen LogP contribution in [0.15, 0.2) is 78.4 Å². The summed E-state index contributed by atoms with van der Waals surface area (Å²) < 4.78 is 0. The van der Waals surface area contributed by atoms with Gasteiger partial charge < -0.3 is 10.2 Å². The van der Waals surface area contributed by atoms with Crippen molar-refractivity contribution < 1.29 is 29.5 Å². The van der Waals surface area contributed by atoms with E-state index in [0.717, 1.165) is 10.5 Å². The summed E-state index contributed by atoms with van der Waals surface area (Å²) in [5.41, 5.74) is 1.22. The Morgan fingerprint density at radius 2 is 1.59 bits per heavy atom. The number of carbonyl (C=O) groups excluding carboxylic acids is 2. The van der Waals surface area contributed by atoms with Gasteiger partial charge in [0.2, 0.25) is 0 Å². The van der Waals surface area contributed by atoms with Crippen molar-refractivity contribution in [1.82, 2.24) is 0 Å². The number of nitro groups is 1. The predicted octanol–water partition coefficient (Wildman–Crippen LogP) is 4.23. The molecule has 1 atom stereocenters. The molecule has 9 heteroatoms. The molecule has 0 aliphatic carbocycles. The number of rotatable bonds is 5. The quantitative estimate of drug-likeness (QED) is 0.192. The predicted molar refractivity (Wildman–Crippen MR) is 122 cm³/mol. The molecule has 1 fully saturated rings. The van der Waals surface area contributed by atoms with Crippen LogP contribution >= 0.6 is 0 Å². The highest BCUT2D eigenvalue weighted by atomic mass is 16.6. The van der Waals surface area contributed by atoms with E-state index in [1.54, 1.807) is 24.3 Å². The fourth-order valence-corrected chi connectivity index (χ4v) is 3.85. The molecule has 9 nitrogen and oxygen atoms in total. The van der Waals surface area contributed by atoms with Crippen LogP contribution in [0.2, 0.25) is 0 Å². The van der Waals surface area contributed by atoms with Gasteiger partial charge in [0.25, 0.3) is 17.4 Å². The Morgan fingerprint density at radius 3 is 2.18 bits per heavy atom. The molecule has 4 rings (SSSR count). The Kier molecular flexibility index (Phi) is 5.68. The number of nitro benzene ring substituents is 1. The van der Waals surface area contributed by atoms with Gasteiger partial charge in [-0.25, -0.2) is 4.79 Å². The topological polar surface area (TPSA) is 138 Å². The smallest absolute Gasteiger partial charge is 0.335 e. The van der Waals surface area contributed by atoms with Crippen LogP contribution in [-0.4, -0.2) is 32.8 Å². The van der Waals surface area contributed by atoms with E-state index >= 15 is 0 Å². The minimum absolute atomic E-state index is 0.0969. The van der Waals surface area contributed by atoms with E-state index in [1.807, 2.05) is 6.92 Å². The summed E-state index contributed by atoms with van der Waals surface area (Å²) in [4.78, 5) is 49.3. The molecule has 34 heavy (non-hydrogen) atoms. The highest BCUT2D eigenvalue weighted by Gasteiger charge is 2.47. The van der Waals surface area contributed by atoms with Gasteiger partial charge in [-0.15, -0.1) is 0 Å². The van der Waals surface area contributed by atoms with Crippen LogP contribution in [0.1, 0.15) is 33.1 Å². The van der Waals surface area contributed by atoms with Gasteiger partial charge in [-0.2, -0.15) is 0 Å². The molecule has 1 aliphatic heterocycles. The van der Waals surface area contributed by atoms with E-state index in [1.165, 1.54) is 48.5 Å². The largest absolute Gasteiger partial charge is 0.507 e. The fourth-order valence-electron chi connectivity index (χ4n) is 3.85. The third-order valence-corrected chi connectivity index (χ3v) is 5.56. The lowest BCUT2D eigenvalue weighted by Crippen LogP contribution is -2.29. The highest BCUT2D eigenvalue weighted by Crippen LogP contribution is 2.42. The number of aryl methyl sites for hydroxylation is 1. The maximum Gasteiger partial charge on any atom is 0.335 e. The standard InChI is InChI=1S/C25H18N2O7/c1-14-5-7-16(8-6-14)22(28)20-21(15-9-11-18(12-10-15)27(33)34)26(24(30)23(20)29)19-4-2-3-17(13-19)25(31)32/h2-13,21,28H,1H3,(H,31,32)/b22-20+/t21-/m1/s1. The van der Waals surface area contributed by atoms with Crippen LogP contribution in [0.4, 0.5) is 11.4 Å². The number of non-ortho nitro benzene ring substituents is 1. The van der Waals surface area contributed by atoms with Crippen molar-refractivity contribution in [1.29, 1.82) is 0 Å². The Bertz CT molecular complexity index is 1360. The van der Waals surface area contributed by atoms with Gasteiger partial charge in [0, 0.05) is 23.4 Å². The molecular formula is C25H18N2O7. The molecule has 1 amide bonds. The number of ketones is 1. The first kappa shape index (κ1) is 22.4. The van der Waals surface area contributed by atoms with Gasteiger partial charge in [-0.05, 0) is 42.8 Å². The zero-order chi connectivity index (χ0) is 24.6. The molecule has 170 valence electrons. The third-order valence-electron chi connectivity index (χ3n) is 5.56. The molecule has 3 aromatic carbocycles. The van der Waals surface area contributed by atoms with Gasteiger partial charge in [0.15, 0.2) is 0 Å². The van der Waals surface area contributed by atoms with Crippen LogP contribution in [-0.2, 0) is 9.59 Å². The van der Waals surface area contributed by atoms with E-state index in [2.05, 4.69) is 0 Å². The number of carbonyl (C=O) groups is 3. The van der Waals surface area contributed by atoms with Gasteiger partial charge in [-0.3, -0.25) is 24.6 Å². The molecule has 0 spiro atoms. The molecule has 0 bridgehead atoms. The number of nitrogens with zero attached hydrogens (tertiary/aromatic N) is 2. The van der Waals surface area contributed by atoms with Crippen molar-refractivity contribution >= 4 is 34.8 Å². The van der Waals surface area contributed by atoms with Crippen LogP contribution in [0.25, 0.3) is 5.76 Å². The minimum atomic E-state index is -1.22. The maximum absolute atomic E-state index is 13.1. The average molecular weight is 458 g/mol. The number of aliphatic hydroxyl groups excluding tert-OH is 1. The summed E-state index contributed by atoms with van der Waals surface area (Å²) in [5, 5.41) is 31.5. The monoisotopic (exact) mass is 458 g/mol. The second-order valence-electron chi connectivity index (χ2n) is 7.74. The number of aromatic carboxylic acids is 1. The molecule has 0 unspecified atom stereocenters. The Labute approximate surface area is 193 Å². The van der Waals surface area contributed by atoms with Crippen molar-refractivity contribution in [2.75, 3.05) is 4.90 Å². The van der Waals surface area contributed by atoms with Crippen molar-refractivity contribution in [3.63, 3.8) is 0 Å². The number of benzene rings is 3. The normalized spacial score (nSPS) is 17.1. The number of hydrogen-bond donors (Lipinski definition) is 2. The second-order valence-corrected chi connectivity index (χ2v) is 7.74. The minimum Gasteiger partial charge on any atom is -0.507 e. The van der Waals surface area contributed by atoms with Crippen molar-refractivity contribution in [3.8, 4) is 0 Å². The number of Topliss-reactive ketones (excluding diaryl/α,β-unsaturated/α-hetero) is 1. The number of aliphatic hydroxyl groups is 1. The Hall–Kier alpha value is -4.79. The number of amides is 1. The lowest BCUT2D eigenvalue weighted by molar-refractivity contribution is -0.384. The van der Waals surface area contributed by atoms with Gasteiger partial charge in [0.1, 0.15) is 5.76 Å². The summed E-state index contributed by atoms with van der Waals surface area (Å²) in [7, 11) is 0. The first-order chi connectivity index (χ1) is 16.2. The molecule has 0 saturated carbocycles. The summed E-state index contributed by atoms with van der Waals surface area (Å²) >= 11 is 0. The molecule has 0 radical (unpaired) electrons. The van der Waals surface area contributed by atoms with Crippen molar-refractivity contribution in [3.05, 3.63) is 111 Å². The molecule has 1 heterocycles. The average Bonchev–Trinajstić information content (AvgIpc) is 3.09. The SMILES string of the molecule is Cc1ccc(/C(O)=C2\C(=O)C(=O)N(c3cccc(C(=O)O)c3)[C@@H]2c2ccc([N+](=O)[O-])cc2)cc1. The zero-order valence-electron chi connectivity index (χ0n) is 17.8. The summed E-state index contributed by atoms with van der Waals surface area (Å²) in [5.74, 6) is -3.54. The Morgan fingerprint density at radius 1 is 0.941 bits per heavy atom. The number of carboxylic acid groups (broad SMARTS) is 1. The van der Waals surface area contributed by atoms with Gasteiger partial charge in [0.05, 0.1) is 22.1 Å². The van der Waals surface area contributed by atoms with Crippen LogP contribution in [0, 0.1) is 17.0 Å². The second kappa shape index (κ2) is 8.62. The fraction of sp³-hybridized carbons (Fsp3) is 0.0800.